The van der Waals surface area contributed by atoms with Crippen LogP contribution in [0.5, 0.6) is 0 Å². The third-order valence-corrected chi connectivity index (χ3v) is 3.30. The minimum Gasteiger partial charge on any atom is -0.366 e. The number of nitrogens with one attached hydrogen (secondary N) is 1. The van der Waals surface area contributed by atoms with Crippen LogP contribution in [0.25, 0.3) is 0 Å². The van der Waals surface area contributed by atoms with Crippen LogP contribution >= 0.6 is 23.2 Å². The molecule has 1 aromatic carbocycles. The van der Waals surface area contributed by atoms with Crippen LogP contribution in [0, 0.1) is 19.7 Å². The third-order valence-electron chi connectivity index (χ3n) is 2.64. The van der Waals surface area contributed by atoms with Gasteiger partial charge in [-0.15, -0.1) is 0 Å². The molecular formula is C13H12Cl2FN3. The fraction of sp³-hybridized carbons (Fsp3) is 0.231. The lowest BCUT2D eigenvalue weighted by atomic mass is 10.2. The minimum absolute atomic E-state index is 0.105. The third kappa shape index (κ3) is 3.33. The Morgan fingerprint density at radius 3 is 2.63 bits per heavy atom. The molecule has 0 unspecified atom stereocenters. The Morgan fingerprint density at radius 2 is 1.95 bits per heavy atom. The molecule has 0 radical (unpaired) electrons. The van der Waals surface area contributed by atoms with Gasteiger partial charge < -0.3 is 5.32 Å². The maximum absolute atomic E-state index is 13.0. The van der Waals surface area contributed by atoms with Gasteiger partial charge in [0.05, 0.1) is 5.02 Å². The molecule has 2 aromatic rings. The number of hydrogen-bond donors (Lipinski definition) is 1. The van der Waals surface area contributed by atoms with Crippen LogP contribution in [0.3, 0.4) is 0 Å². The fourth-order valence-electron chi connectivity index (χ4n) is 1.60. The number of hydrogen-bond acceptors (Lipinski definition) is 3. The predicted molar refractivity (Wildman–Crippen MR) is 75.3 cm³/mol. The van der Waals surface area contributed by atoms with E-state index in [2.05, 4.69) is 15.3 Å². The zero-order valence-corrected chi connectivity index (χ0v) is 12.0. The van der Waals surface area contributed by atoms with E-state index in [0.29, 0.717) is 23.3 Å². The quantitative estimate of drug-likeness (QED) is 0.865. The Balaban J connectivity index is 2.16. The highest BCUT2D eigenvalue weighted by Gasteiger charge is 2.07. The Hall–Kier alpha value is -1.39. The molecule has 19 heavy (non-hydrogen) atoms. The smallest absolute Gasteiger partial charge is 0.141 e. The van der Waals surface area contributed by atoms with Gasteiger partial charge in [-0.2, -0.15) is 0 Å². The average Bonchev–Trinajstić information content (AvgIpc) is 2.36. The van der Waals surface area contributed by atoms with Crippen molar-refractivity contribution in [1.29, 1.82) is 0 Å². The van der Waals surface area contributed by atoms with Crippen molar-refractivity contribution in [2.75, 3.05) is 5.32 Å². The van der Waals surface area contributed by atoms with Gasteiger partial charge in [0, 0.05) is 12.1 Å². The summed E-state index contributed by atoms with van der Waals surface area (Å²) in [5.74, 6) is 0.829. The lowest BCUT2D eigenvalue weighted by Crippen LogP contribution is -2.06. The van der Waals surface area contributed by atoms with Gasteiger partial charge in [0.25, 0.3) is 0 Å². The number of rotatable bonds is 3. The van der Waals surface area contributed by atoms with Gasteiger partial charge in [0.15, 0.2) is 0 Å². The number of aryl methyl sites for hydroxylation is 1. The minimum atomic E-state index is -0.428. The molecule has 0 atom stereocenters. The van der Waals surface area contributed by atoms with Gasteiger partial charge in [0.1, 0.15) is 22.6 Å². The van der Waals surface area contributed by atoms with Gasteiger partial charge in [0.2, 0.25) is 0 Å². The molecule has 100 valence electrons. The first kappa shape index (κ1) is 14.0. The molecule has 6 heteroatoms. The Bertz CT molecular complexity index is 617. The summed E-state index contributed by atoms with van der Waals surface area (Å²) in [4.78, 5) is 8.33. The van der Waals surface area contributed by atoms with Crippen LogP contribution in [0.1, 0.15) is 17.0 Å². The van der Waals surface area contributed by atoms with Crippen LogP contribution in [-0.2, 0) is 6.54 Å². The van der Waals surface area contributed by atoms with Crippen LogP contribution in [0.15, 0.2) is 18.2 Å². The Morgan fingerprint density at radius 1 is 1.21 bits per heavy atom. The van der Waals surface area contributed by atoms with E-state index in [-0.39, 0.29) is 5.02 Å². The summed E-state index contributed by atoms with van der Waals surface area (Å²) in [7, 11) is 0. The van der Waals surface area contributed by atoms with Crippen LogP contribution in [-0.4, -0.2) is 9.97 Å². The molecular weight excluding hydrogens is 288 g/mol. The first-order valence-corrected chi connectivity index (χ1v) is 6.41. The van der Waals surface area contributed by atoms with E-state index in [4.69, 9.17) is 23.2 Å². The summed E-state index contributed by atoms with van der Waals surface area (Å²) in [6, 6.07) is 4.58. The summed E-state index contributed by atoms with van der Waals surface area (Å²) < 4.78 is 13.0. The summed E-state index contributed by atoms with van der Waals surface area (Å²) in [5, 5.41) is 3.67. The zero-order chi connectivity index (χ0) is 14.0. The Labute approximate surface area is 120 Å². The molecule has 0 aliphatic rings. The van der Waals surface area contributed by atoms with Crippen molar-refractivity contribution in [2.24, 2.45) is 0 Å². The maximum atomic E-state index is 13.0. The number of nitrogens with zero attached hydrogens (tertiary/aromatic N) is 2. The summed E-state index contributed by atoms with van der Waals surface area (Å²) >= 11 is 11.7. The van der Waals surface area contributed by atoms with Gasteiger partial charge >= 0.3 is 0 Å². The molecule has 1 heterocycles. The lowest BCUT2D eigenvalue weighted by molar-refractivity contribution is 0.627. The van der Waals surface area contributed by atoms with Crippen LogP contribution in [0.2, 0.25) is 10.2 Å². The Kier molecular flexibility index (Phi) is 4.22. The molecule has 0 aliphatic heterocycles. The normalized spacial score (nSPS) is 10.6. The van der Waals surface area contributed by atoms with Crippen molar-refractivity contribution >= 4 is 29.0 Å². The second-order valence-electron chi connectivity index (χ2n) is 4.14. The van der Waals surface area contributed by atoms with Crippen molar-refractivity contribution in [3.63, 3.8) is 0 Å². The second kappa shape index (κ2) is 5.72. The SMILES string of the molecule is Cc1nc(Cl)c(C)c(NCc2ccc(F)c(Cl)c2)n1. The molecule has 1 aromatic heterocycles. The number of aromatic nitrogens is 2. The fourth-order valence-corrected chi connectivity index (χ4v) is 2.02. The van der Waals surface area contributed by atoms with Crippen LogP contribution < -0.4 is 5.32 Å². The molecule has 0 saturated carbocycles. The molecule has 0 spiro atoms. The van der Waals surface area contributed by atoms with Gasteiger partial charge in [-0.25, -0.2) is 14.4 Å². The van der Waals surface area contributed by atoms with E-state index in [1.165, 1.54) is 6.07 Å². The van der Waals surface area contributed by atoms with E-state index in [9.17, 15) is 4.39 Å². The second-order valence-corrected chi connectivity index (χ2v) is 4.90. The van der Waals surface area contributed by atoms with Gasteiger partial charge in [-0.1, -0.05) is 29.3 Å². The first-order valence-electron chi connectivity index (χ1n) is 5.66. The van der Waals surface area contributed by atoms with Gasteiger partial charge in [-0.05, 0) is 31.5 Å². The highest BCUT2D eigenvalue weighted by Crippen LogP contribution is 2.21. The average molecular weight is 300 g/mol. The zero-order valence-electron chi connectivity index (χ0n) is 10.5. The summed E-state index contributed by atoms with van der Waals surface area (Å²) in [5.41, 5.74) is 1.64. The molecule has 2 rings (SSSR count). The molecule has 3 nitrogen and oxygen atoms in total. The topological polar surface area (TPSA) is 37.8 Å². The van der Waals surface area contributed by atoms with Crippen molar-refractivity contribution in [3.8, 4) is 0 Å². The largest absolute Gasteiger partial charge is 0.366 e. The predicted octanol–water partition coefficient (Wildman–Crippen LogP) is 4.15. The van der Waals surface area contributed by atoms with E-state index in [1.807, 2.05) is 6.92 Å². The van der Waals surface area contributed by atoms with Crippen LogP contribution in [0.4, 0.5) is 10.2 Å². The standard InChI is InChI=1S/C13H12Cl2FN3/c1-7-12(15)18-8(2)19-13(7)17-6-9-3-4-11(16)10(14)5-9/h3-5H,6H2,1-2H3,(H,17,18,19). The highest BCUT2D eigenvalue weighted by molar-refractivity contribution is 6.31. The van der Waals surface area contributed by atoms with Crippen molar-refractivity contribution in [2.45, 2.75) is 20.4 Å². The lowest BCUT2D eigenvalue weighted by Gasteiger charge is -2.10. The number of halogens is 3. The number of benzene rings is 1. The molecule has 0 saturated heterocycles. The summed E-state index contributed by atoms with van der Waals surface area (Å²) in [6.45, 7) is 4.08. The molecule has 0 aliphatic carbocycles. The van der Waals surface area contributed by atoms with E-state index in [1.54, 1.807) is 19.1 Å². The van der Waals surface area contributed by atoms with Crippen molar-refractivity contribution < 1.29 is 4.39 Å². The number of anilines is 1. The molecule has 1 N–H and O–H groups in total. The van der Waals surface area contributed by atoms with E-state index < -0.39 is 5.82 Å². The van der Waals surface area contributed by atoms with E-state index >= 15 is 0 Å². The first-order chi connectivity index (χ1) is 8.97. The molecule has 0 bridgehead atoms. The van der Waals surface area contributed by atoms with Crippen molar-refractivity contribution in [1.82, 2.24) is 9.97 Å². The monoisotopic (exact) mass is 299 g/mol. The van der Waals surface area contributed by atoms with E-state index in [0.717, 1.165) is 11.1 Å². The summed E-state index contributed by atoms with van der Waals surface area (Å²) in [6.07, 6.45) is 0. The van der Waals surface area contributed by atoms with Crippen molar-refractivity contribution in [3.05, 3.63) is 51.1 Å². The highest BCUT2D eigenvalue weighted by atomic mass is 35.5. The molecule has 0 fully saturated rings. The molecule has 0 amide bonds. The maximum Gasteiger partial charge on any atom is 0.141 e. The van der Waals surface area contributed by atoms with Gasteiger partial charge in [-0.3, -0.25) is 0 Å².